The molecule has 0 N–H and O–H groups in total. The number of hydrogen-bond acceptors (Lipinski definition) is 0. The van der Waals surface area contributed by atoms with Gasteiger partial charge in [0, 0.05) is 0 Å². The van der Waals surface area contributed by atoms with Gasteiger partial charge in [-0.05, 0) is 5.41 Å². The van der Waals surface area contributed by atoms with Gasteiger partial charge in [0.1, 0.15) is 0 Å². The third-order valence-electron chi connectivity index (χ3n) is 3.71. The standard InChI is InChI=1S/2C10H15.C3H6.2ClH.Hf/c2*1-8-5-6-9(7-8)10(2,3)4;1-3-2;;;/h7H,6H2,1-4H3;6-8H,1-4H3;1-2H3;2*1H;/q2*-1;;;;+2/p-2. The van der Waals surface area contributed by atoms with Crippen molar-refractivity contribution in [3.05, 3.63) is 47.1 Å². The van der Waals surface area contributed by atoms with Gasteiger partial charge in [0.25, 0.3) is 0 Å². The Kier molecular flexibility index (Phi) is 16.0. The molecule has 0 aromatic carbocycles. The first kappa shape index (κ1) is 31.0. The van der Waals surface area contributed by atoms with Crippen LogP contribution >= 0.6 is 0 Å². The van der Waals surface area contributed by atoms with E-state index in [1.165, 1.54) is 40.6 Å². The fourth-order valence-corrected chi connectivity index (χ4v) is 2.13. The molecule has 0 radical (unpaired) electrons. The average molecular weight is 562 g/mol. The Balaban J connectivity index is -0.000000319. The van der Waals surface area contributed by atoms with Crippen LogP contribution in [0.5, 0.6) is 0 Å². The molecule has 0 saturated carbocycles. The van der Waals surface area contributed by atoms with Crippen molar-refractivity contribution in [3.8, 4) is 0 Å². The fourth-order valence-electron chi connectivity index (χ4n) is 2.13. The number of halogens is 2. The Bertz CT molecular complexity index is 546. The first-order valence-corrected chi connectivity index (χ1v) is 10.6. The van der Waals surface area contributed by atoms with E-state index in [0.29, 0.717) is 16.7 Å². The fraction of sp³-hybridized carbons (Fsp3) is 0.609. The Morgan fingerprint density at radius 2 is 1.50 bits per heavy atom. The Morgan fingerprint density at radius 3 is 1.65 bits per heavy atom. The molecule has 1 atom stereocenters. The van der Waals surface area contributed by atoms with Crippen LogP contribution in [-0.2, 0) is 23.9 Å². The number of rotatable bonds is 0. The van der Waals surface area contributed by atoms with Crippen molar-refractivity contribution < 1.29 is 48.7 Å². The minimum absolute atomic E-state index is 0. The second kappa shape index (κ2) is 13.5. The molecule has 148 valence electrons. The van der Waals surface area contributed by atoms with Crippen LogP contribution in [0.4, 0.5) is 0 Å². The van der Waals surface area contributed by atoms with E-state index in [0.717, 1.165) is 6.42 Å². The van der Waals surface area contributed by atoms with Crippen LogP contribution in [0.2, 0.25) is 0 Å². The molecule has 1 unspecified atom stereocenters. The predicted octanol–water partition coefficient (Wildman–Crippen LogP) is 0.833. The van der Waals surface area contributed by atoms with Crippen LogP contribution in [0, 0.1) is 28.9 Å². The quantitative estimate of drug-likeness (QED) is 0.304. The summed E-state index contributed by atoms with van der Waals surface area (Å²) in [5.74, 6) is 0.522. The summed E-state index contributed by atoms with van der Waals surface area (Å²) in [6.45, 7) is 22.0. The maximum atomic E-state index is 3.30. The van der Waals surface area contributed by atoms with E-state index in [4.69, 9.17) is 0 Å². The molecule has 2 rings (SSSR count). The van der Waals surface area contributed by atoms with Crippen molar-refractivity contribution in [2.24, 2.45) is 16.7 Å². The van der Waals surface area contributed by atoms with Gasteiger partial charge in [0.05, 0.1) is 0 Å². The molecular formula is C23H36Cl2Hf-2. The zero-order chi connectivity index (χ0) is 19.1. The van der Waals surface area contributed by atoms with Crippen molar-refractivity contribution in [2.75, 3.05) is 0 Å². The van der Waals surface area contributed by atoms with Gasteiger partial charge in [-0.15, -0.1) is 6.42 Å². The topological polar surface area (TPSA) is 0 Å². The Hall–Kier alpha value is 0.280. The van der Waals surface area contributed by atoms with Crippen LogP contribution in [0.1, 0.15) is 75.7 Å². The third-order valence-corrected chi connectivity index (χ3v) is 3.71. The van der Waals surface area contributed by atoms with E-state index >= 15 is 0 Å². The smallest absolute Gasteiger partial charge is 1.00 e. The van der Waals surface area contributed by atoms with Crippen molar-refractivity contribution in [2.45, 2.75) is 75.7 Å². The molecule has 0 aromatic heterocycles. The van der Waals surface area contributed by atoms with Crippen LogP contribution in [0.3, 0.4) is 0 Å². The van der Waals surface area contributed by atoms with Gasteiger partial charge < -0.3 is 24.8 Å². The molecular weight excluding hydrogens is 526 g/mol. The molecule has 0 nitrogen and oxygen atoms in total. The maximum absolute atomic E-state index is 3.30. The van der Waals surface area contributed by atoms with Gasteiger partial charge in [-0.25, -0.2) is 17.7 Å². The van der Waals surface area contributed by atoms with Gasteiger partial charge in [0.2, 0.25) is 0 Å². The normalized spacial score (nSPS) is 18.0. The molecule has 0 heterocycles. The van der Waals surface area contributed by atoms with Gasteiger partial charge in [0.15, 0.2) is 0 Å². The van der Waals surface area contributed by atoms with Crippen molar-refractivity contribution >= 4 is 3.26 Å². The summed E-state index contributed by atoms with van der Waals surface area (Å²) in [7, 11) is 0. The minimum Gasteiger partial charge on any atom is -1.00 e. The predicted molar refractivity (Wildman–Crippen MR) is 105 cm³/mol. The molecule has 0 saturated heterocycles. The van der Waals surface area contributed by atoms with E-state index in [9.17, 15) is 0 Å². The van der Waals surface area contributed by atoms with Gasteiger partial charge >= 0.3 is 41.0 Å². The van der Waals surface area contributed by atoms with Gasteiger partial charge in [-0.3, -0.25) is 12.2 Å². The van der Waals surface area contributed by atoms with E-state index in [1.807, 2.05) is 0 Å². The van der Waals surface area contributed by atoms with E-state index < -0.39 is 0 Å². The third kappa shape index (κ3) is 14.4. The van der Waals surface area contributed by atoms with Crippen molar-refractivity contribution in [1.82, 2.24) is 0 Å². The first-order chi connectivity index (χ1) is 10.7. The van der Waals surface area contributed by atoms with Crippen LogP contribution in [-0.4, -0.2) is 3.26 Å². The number of allylic oxidation sites excluding steroid dienone is 8. The van der Waals surface area contributed by atoms with Crippen LogP contribution in [0.15, 0.2) is 34.9 Å². The molecule has 0 aliphatic heterocycles. The average Bonchev–Trinajstić information content (AvgIpc) is 2.96. The molecule has 0 bridgehead atoms. The summed E-state index contributed by atoms with van der Waals surface area (Å²) in [5.41, 5.74) is 4.86. The minimum atomic E-state index is 0. The summed E-state index contributed by atoms with van der Waals surface area (Å²) >= 11 is 1.27. The molecule has 2 aliphatic carbocycles. The summed E-state index contributed by atoms with van der Waals surface area (Å²) < 4.78 is 1.56. The molecule has 3 heteroatoms. The largest absolute Gasteiger partial charge is 1.00 e. The maximum Gasteiger partial charge on any atom is -1.00 e. The Morgan fingerprint density at radius 1 is 1.04 bits per heavy atom. The monoisotopic (exact) mass is 562 g/mol. The zero-order valence-electron chi connectivity index (χ0n) is 18.3. The molecule has 26 heavy (non-hydrogen) atoms. The molecule has 2 aliphatic rings. The van der Waals surface area contributed by atoms with E-state index in [1.54, 1.807) is 3.26 Å². The second-order valence-corrected chi connectivity index (χ2v) is 12.5. The number of hydrogen-bond donors (Lipinski definition) is 0. The molecule has 0 aromatic rings. The van der Waals surface area contributed by atoms with Gasteiger partial charge in [-0.1, -0.05) is 66.7 Å². The summed E-state index contributed by atoms with van der Waals surface area (Å²) in [6.07, 6.45) is 14.2. The summed E-state index contributed by atoms with van der Waals surface area (Å²) in [6, 6.07) is 0. The van der Waals surface area contributed by atoms with E-state index in [2.05, 4.69) is 99.6 Å². The summed E-state index contributed by atoms with van der Waals surface area (Å²) in [4.78, 5) is 0. The zero-order valence-corrected chi connectivity index (χ0v) is 23.4. The van der Waals surface area contributed by atoms with Gasteiger partial charge in [-0.2, -0.15) is 17.2 Å². The van der Waals surface area contributed by atoms with Crippen molar-refractivity contribution in [3.63, 3.8) is 0 Å². The summed E-state index contributed by atoms with van der Waals surface area (Å²) in [5, 5.41) is 0. The molecule has 0 amide bonds. The molecule has 0 fully saturated rings. The van der Waals surface area contributed by atoms with Crippen molar-refractivity contribution in [1.29, 1.82) is 0 Å². The van der Waals surface area contributed by atoms with Crippen LogP contribution in [0.25, 0.3) is 0 Å². The van der Waals surface area contributed by atoms with Crippen LogP contribution < -0.4 is 24.8 Å². The first-order valence-electron chi connectivity index (χ1n) is 8.85. The Labute approximate surface area is 190 Å². The molecule has 0 spiro atoms. The SMILES string of the molecule is CC1=[C-]CC(C(C)(C)C)=C1.CC1[C-]=CC(C(C)(C)C)=C1.C[C](C)=[Hf+2].[Cl-].[Cl-]. The second-order valence-electron chi connectivity index (χ2n) is 8.93. The van der Waals surface area contributed by atoms with E-state index in [-0.39, 0.29) is 24.8 Å².